The van der Waals surface area contributed by atoms with Gasteiger partial charge in [-0.3, -0.25) is 0 Å². The summed E-state index contributed by atoms with van der Waals surface area (Å²) < 4.78 is 0. The Kier molecular flexibility index (Phi) is 2.39. The molecule has 1 atom stereocenters. The Morgan fingerprint density at radius 3 is 3.08 bits per heavy atom. The van der Waals surface area contributed by atoms with Crippen LogP contribution in [0.15, 0.2) is 5.38 Å². The van der Waals surface area contributed by atoms with Crippen molar-refractivity contribution in [3.63, 3.8) is 0 Å². The van der Waals surface area contributed by atoms with Crippen LogP contribution in [0.3, 0.4) is 0 Å². The SMILES string of the molecule is Cc1nc(C2CNCCN2)cs1. The van der Waals surface area contributed by atoms with E-state index >= 15 is 0 Å². The molecule has 0 bridgehead atoms. The zero-order valence-electron chi connectivity index (χ0n) is 7.13. The number of hydrogen-bond acceptors (Lipinski definition) is 4. The number of rotatable bonds is 1. The van der Waals surface area contributed by atoms with Gasteiger partial charge < -0.3 is 10.6 Å². The van der Waals surface area contributed by atoms with Crippen LogP contribution in [-0.4, -0.2) is 24.6 Å². The minimum absolute atomic E-state index is 0.420. The first kappa shape index (κ1) is 8.16. The largest absolute Gasteiger partial charge is 0.314 e. The lowest BCUT2D eigenvalue weighted by molar-refractivity contribution is 0.424. The molecule has 1 aromatic rings. The van der Waals surface area contributed by atoms with Crippen molar-refractivity contribution in [2.75, 3.05) is 19.6 Å². The predicted molar refractivity (Wildman–Crippen MR) is 50.5 cm³/mol. The van der Waals surface area contributed by atoms with Gasteiger partial charge in [0.25, 0.3) is 0 Å². The van der Waals surface area contributed by atoms with E-state index in [1.807, 2.05) is 6.92 Å². The number of nitrogens with zero attached hydrogens (tertiary/aromatic N) is 1. The van der Waals surface area contributed by atoms with Crippen molar-refractivity contribution in [1.29, 1.82) is 0 Å². The highest BCUT2D eigenvalue weighted by atomic mass is 32.1. The van der Waals surface area contributed by atoms with E-state index in [-0.39, 0.29) is 0 Å². The molecule has 3 nitrogen and oxygen atoms in total. The fourth-order valence-corrected chi connectivity index (χ4v) is 2.07. The summed E-state index contributed by atoms with van der Waals surface area (Å²) >= 11 is 1.72. The van der Waals surface area contributed by atoms with Crippen LogP contribution in [0.25, 0.3) is 0 Å². The summed E-state index contributed by atoms with van der Waals surface area (Å²) in [4.78, 5) is 4.45. The molecule has 12 heavy (non-hydrogen) atoms. The van der Waals surface area contributed by atoms with Crippen LogP contribution >= 0.6 is 11.3 Å². The first-order valence-corrected chi connectivity index (χ1v) is 5.10. The van der Waals surface area contributed by atoms with Gasteiger partial charge in [0.2, 0.25) is 0 Å². The van der Waals surface area contributed by atoms with Gasteiger partial charge >= 0.3 is 0 Å². The molecule has 0 amide bonds. The topological polar surface area (TPSA) is 37.0 Å². The standard InChI is InChI=1S/C8H13N3S/c1-6-11-8(5-12-6)7-4-9-2-3-10-7/h5,7,9-10H,2-4H2,1H3. The second kappa shape index (κ2) is 3.51. The van der Waals surface area contributed by atoms with E-state index in [9.17, 15) is 0 Å². The molecule has 4 heteroatoms. The quantitative estimate of drug-likeness (QED) is 0.672. The number of thiazole rings is 1. The number of nitrogens with one attached hydrogen (secondary N) is 2. The molecular weight excluding hydrogens is 170 g/mol. The third-order valence-corrected chi connectivity index (χ3v) is 2.83. The van der Waals surface area contributed by atoms with Crippen LogP contribution in [0.4, 0.5) is 0 Å². The van der Waals surface area contributed by atoms with Gasteiger partial charge in [-0.15, -0.1) is 11.3 Å². The highest BCUT2D eigenvalue weighted by molar-refractivity contribution is 7.09. The normalized spacial score (nSPS) is 24.2. The first-order valence-electron chi connectivity index (χ1n) is 4.22. The lowest BCUT2D eigenvalue weighted by Crippen LogP contribution is -2.42. The maximum absolute atomic E-state index is 4.45. The average molecular weight is 183 g/mol. The third-order valence-electron chi connectivity index (χ3n) is 2.03. The van der Waals surface area contributed by atoms with Crippen LogP contribution in [0.5, 0.6) is 0 Å². The van der Waals surface area contributed by atoms with Crippen molar-refractivity contribution < 1.29 is 0 Å². The molecule has 66 valence electrons. The fraction of sp³-hybridized carbons (Fsp3) is 0.625. The van der Waals surface area contributed by atoms with Gasteiger partial charge in [0.15, 0.2) is 0 Å². The summed E-state index contributed by atoms with van der Waals surface area (Å²) in [7, 11) is 0. The predicted octanol–water partition coefficient (Wildman–Crippen LogP) is 0.685. The Hall–Kier alpha value is -0.450. The number of hydrogen-bond donors (Lipinski definition) is 2. The van der Waals surface area contributed by atoms with Crippen molar-refractivity contribution >= 4 is 11.3 Å². The molecule has 2 heterocycles. The average Bonchev–Trinajstić information content (AvgIpc) is 2.54. The van der Waals surface area contributed by atoms with Gasteiger partial charge in [-0.1, -0.05) is 0 Å². The molecule has 0 aromatic carbocycles. The molecule has 0 aliphatic carbocycles. The Labute approximate surface area is 76.2 Å². The molecule has 2 rings (SSSR count). The number of aromatic nitrogens is 1. The lowest BCUT2D eigenvalue weighted by Gasteiger charge is -2.22. The van der Waals surface area contributed by atoms with Crippen LogP contribution in [-0.2, 0) is 0 Å². The number of aryl methyl sites for hydroxylation is 1. The Morgan fingerprint density at radius 1 is 1.58 bits per heavy atom. The molecule has 0 radical (unpaired) electrons. The first-order chi connectivity index (χ1) is 5.86. The molecule has 1 aliphatic rings. The monoisotopic (exact) mass is 183 g/mol. The van der Waals surface area contributed by atoms with Crippen LogP contribution in [0.2, 0.25) is 0 Å². The summed E-state index contributed by atoms with van der Waals surface area (Å²) in [5, 5.41) is 10.1. The lowest BCUT2D eigenvalue weighted by atomic mass is 10.2. The van der Waals surface area contributed by atoms with E-state index in [1.165, 1.54) is 5.69 Å². The highest BCUT2D eigenvalue weighted by Crippen LogP contribution is 2.16. The summed E-state index contributed by atoms with van der Waals surface area (Å²) in [6.45, 7) is 5.16. The van der Waals surface area contributed by atoms with E-state index in [1.54, 1.807) is 11.3 Å². The minimum Gasteiger partial charge on any atom is -0.314 e. The molecule has 2 N–H and O–H groups in total. The van der Waals surface area contributed by atoms with Crippen LogP contribution < -0.4 is 10.6 Å². The van der Waals surface area contributed by atoms with E-state index in [2.05, 4.69) is 21.0 Å². The van der Waals surface area contributed by atoms with Gasteiger partial charge in [0.05, 0.1) is 16.7 Å². The molecule has 1 saturated heterocycles. The van der Waals surface area contributed by atoms with Crippen molar-refractivity contribution in [2.24, 2.45) is 0 Å². The van der Waals surface area contributed by atoms with Gasteiger partial charge in [-0.05, 0) is 6.92 Å². The van der Waals surface area contributed by atoms with Crippen molar-refractivity contribution in [3.8, 4) is 0 Å². The summed E-state index contributed by atoms with van der Waals surface area (Å²) in [6.07, 6.45) is 0. The van der Waals surface area contributed by atoms with Gasteiger partial charge in [0.1, 0.15) is 0 Å². The van der Waals surface area contributed by atoms with Crippen molar-refractivity contribution in [2.45, 2.75) is 13.0 Å². The maximum atomic E-state index is 4.45. The molecular formula is C8H13N3S. The maximum Gasteiger partial charge on any atom is 0.0898 e. The van der Waals surface area contributed by atoms with E-state index in [0.717, 1.165) is 24.6 Å². The fourth-order valence-electron chi connectivity index (χ4n) is 1.40. The van der Waals surface area contributed by atoms with Crippen LogP contribution in [0, 0.1) is 6.92 Å². The Balaban J connectivity index is 2.08. The molecule has 0 spiro atoms. The van der Waals surface area contributed by atoms with Crippen molar-refractivity contribution in [1.82, 2.24) is 15.6 Å². The molecule has 1 aromatic heterocycles. The zero-order chi connectivity index (χ0) is 8.39. The molecule has 1 unspecified atom stereocenters. The smallest absolute Gasteiger partial charge is 0.0898 e. The van der Waals surface area contributed by atoms with Crippen LogP contribution in [0.1, 0.15) is 16.7 Å². The number of piperazine rings is 1. The minimum atomic E-state index is 0.420. The summed E-state index contributed by atoms with van der Waals surface area (Å²) in [6, 6.07) is 0.420. The second-order valence-corrected chi connectivity index (χ2v) is 4.06. The van der Waals surface area contributed by atoms with Gasteiger partial charge in [-0.25, -0.2) is 4.98 Å². The van der Waals surface area contributed by atoms with Gasteiger partial charge in [-0.2, -0.15) is 0 Å². The summed E-state index contributed by atoms with van der Waals surface area (Å²) in [5.74, 6) is 0. The summed E-state index contributed by atoms with van der Waals surface area (Å²) in [5.41, 5.74) is 1.18. The molecule has 1 aliphatic heterocycles. The zero-order valence-corrected chi connectivity index (χ0v) is 7.95. The molecule has 0 saturated carbocycles. The Bertz CT molecular complexity index is 253. The molecule has 1 fully saturated rings. The third kappa shape index (κ3) is 1.65. The van der Waals surface area contributed by atoms with E-state index in [0.29, 0.717) is 6.04 Å². The van der Waals surface area contributed by atoms with Gasteiger partial charge in [0, 0.05) is 25.0 Å². The van der Waals surface area contributed by atoms with E-state index in [4.69, 9.17) is 0 Å². The van der Waals surface area contributed by atoms with Crippen molar-refractivity contribution in [3.05, 3.63) is 16.1 Å². The second-order valence-electron chi connectivity index (χ2n) is 3.00. The highest BCUT2D eigenvalue weighted by Gasteiger charge is 2.15. The Morgan fingerprint density at radius 2 is 2.50 bits per heavy atom. The van der Waals surface area contributed by atoms with E-state index < -0.39 is 0 Å².